The van der Waals surface area contributed by atoms with Crippen LogP contribution in [0.2, 0.25) is 0 Å². The maximum atomic E-state index is 5.01. The molecule has 0 aromatic heterocycles. The third kappa shape index (κ3) is 5.56. The summed E-state index contributed by atoms with van der Waals surface area (Å²) >= 11 is 0. The molecule has 0 nitrogen and oxygen atoms in total. The first-order chi connectivity index (χ1) is 3.27. The lowest BCUT2D eigenvalue weighted by molar-refractivity contribution is 0.866. The predicted octanol–water partition coefficient (Wildman–Crippen LogP) is 2.01. The molecule has 0 aliphatic rings. The Morgan fingerprint density at radius 1 is 1.57 bits per heavy atom. The van der Waals surface area contributed by atoms with Gasteiger partial charge in [0.25, 0.3) is 0 Å². The monoisotopic (exact) mass is 95.1 g/mol. The molecule has 0 rings (SSSR count). The molecule has 0 saturated carbocycles. The summed E-state index contributed by atoms with van der Waals surface area (Å²) < 4.78 is 0. The first-order valence-corrected chi connectivity index (χ1v) is 2.50. The number of hydrogen-bond acceptors (Lipinski definition) is 0. The third-order valence-electron chi connectivity index (χ3n) is 0.769. The second-order valence-corrected chi connectivity index (χ2v) is 1.91. The second-order valence-electron chi connectivity index (χ2n) is 1.91. The van der Waals surface area contributed by atoms with Gasteiger partial charge in [-0.3, -0.25) is 0 Å². The summed E-state index contributed by atoms with van der Waals surface area (Å²) in [5.74, 6) is 3.99. The van der Waals surface area contributed by atoms with Crippen molar-refractivity contribution >= 4 is 0 Å². The van der Waals surface area contributed by atoms with Crippen molar-refractivity contribution in [1.82, 2.24) is 0 Å². The molecular weight excluding hydrogens is 84.1 g/mol. The van der Waals surface area contributed by atoms with Gasteiger partial charge < -0.3 is 0 Å². The molecule has 0 aromatic rings. The van der Waals surface area contributed by atoms with Crippen LogP contribution in [0.1, 0.15) is 26.7 Å². The number of hydrogen-bond donors (Lipinski definition) is 0. The standard InChI is InChI=1S/C7H11/c1-4-5-6-7(2)3/h1H,5-6H2,2-3H3. The van der Waals surface area contributed by atoms with Gasteiger partial charge in [0.1, 0.15) is 0 Å². The Bertz CT molecular complexity index is 64.6. The molecule has 0 aliphatic heterocycles. The van der Waals surface area contributed by atoms with Gasteiger partial charge >= 0.3 is 0 Å². The first kappa shape index (κ1) is 6.56. The molecule has 0 atom stereocenters. The largest absolute Gasteiger partial charge is 0.120 e. The molecule has 0 unspecified atom stereocenters. The Hall–Kier alpha value is -0.440. The van der Waals surface area contributed by atoms with Gasteiger partial charge in [0, 0.05) is 6.42 Å². The summed E-state index contributed by atoms with van der Waals surface area (Å²) in [7, 11) is 0. The Labute approximate surface area is 45.9 Å². The van der Waals surface area contributed by atoms with Crippen LogP contribution < -0.4 is 0 Å². The van der Waals surface area contributed by atoms with Crippen LogP contribution in [0.4, 0.5) is 0 Å². The molecule has 0 heteroatoms. The van der Waals surface area contributed by atoms with Crippen molar-refractivity contribution in [1.29, 1.82) is 0 Å². The van der Waals surface area contributed by atoms with Crippen molar-refractivity contribution < 1.29 is 0 Å². The highest BCUT2D eigenvalue weighted by Gasteiger charge is 1.88. The van der Waals surface area contributed by atoms with E-state index in [0.717, 1.165) is 12.8 Å². The predicted molar refractivity (Wildman–Crippen MR) is 32.7 cm³/mol. The van der Waals surface area contributed by atoms with Crippen molar-refractivity contribution in [2.24, 2.45) is 0 Å². The van der Waals surface area contributed by atoms with Crippen LogP contribution >= 0.6 is 0 Å². The van der Waals surface area contributed by atoms with Crippen LogP contribution in [-0.2, 0) is 0 Å². The zero-order valence-electron chi connectivity index (χ0n) is 4.99. The molecule has 0 N–H and O–H groups in total. The molecule has 0 saturated heterocycles. The van der Waals surface area contributed by atoms with Crippen molar-refractivity contribution in [3.63, 3.8) is 0 Å². The molecule has 0 heterocycles. The Morgan fingerprint density at radius 2 is 2.14 bits per heavy atom. The van der Waals surface area contributed by atoms with Gasteiger partial charge in [-0.05, 0) is 12.3 Å². The molecule has 0 aliphatic carbocycles. The van der Waals surface area contributed by atoms with Crippen molar-refractivity contribution in [2.75, 3.05) is 0 Å². The molecule has 0 amide bonds. The van der Waals surface area contributed by atoms with E-state index < -0.39 is 0 Å². The summed E-state index contributed by atoms with van der Waals surface area (Å²) in [6.07, 6.45) is 6.98. The fourth-order valence-electron chi connectivity index (χ4n) is 0.322. The molecule has 1 radical (unpaired) electrons. The summed E-state index contributed by atoms with van der Waals surface area (Å²) in [6.45, 7) is 4.19. The van der Waals surface area contributed by atoms with Crippen molar-refractivity contribution in [3.8, 4) is 12.3 Å². The zero-order valence-corrected chi connectivity index (χ0v) is 4.99. The first-order valence-electron chi connectivity index (χ1n) is 2.50. The maximum Gasteiger partial charge on any atom is 0.00913 e. The molecule has 0 bridgehead atoms. The average molecular weight is 95.2 g/mol. The summed E-state index contributed by atoms with van der Waals surface area (Å²) in [4.78, 5) is 0. The lowest BCUT2D eigenvalue weighted by Gasteiger charge is -1.94. The highest BCUT2D eigenvalue weighted by Crippen LogP contribution is 2.03. The number of terminal acetylenes is 1. The SMILES string of the molecule is C#CCC[C](C)C. The van der Waals surface area contributed by atoms with Crippen LogP contribution in [0.25, 0.3) is 0 Å². The van der Waals surface area contributed by atoms with Gasteiger partial charge in [0.15, 0.2) is 0 Å². The number of rotatable bonds is 2. The van der Waals surface area contributed by atoms with Gasteiger partial charge in [-0.2, -0.15) is 0 Å². The highest BCUT2D eigenvalue weighted by atomic mass is 13.9. The van der Waals surface area contributed by atoms with Gasteiger partial charge in [-0.15, -0.1) is 12.3 Å². The van der Waals surface area contributed by atoms with Crippen LogP contribution in [0.15, 0.2) is 0 Å². The minimum absolute atomic E-state index is 0.891. The Morgan fingerprint density at radius 3 is 2.29 bits per heavy atom. The van der Waals surface area contributed by atoms with Crippen molar-refractivity contribution in [2.45, 2.75) is 26.7 Å². The molecule has 0 spiro atoms. The van der Waals surface area contributed by atoms with E-state index in [9.17, 15) is 0 Å². The van der Waals surface area contributed by atoms with Gasteiger partial charge in [0.05, 0.1) is 0 Å². The molecule has 0 aromatic carbocycles. The van der Waals surface area contributed by atoms with Crippen LogP contribution in [-0.4, -0.2) is 0 Å². The van der Waals surface area contributed by atoms with E-state index in [1.54, 1.807) is 0 Å². The van der Waals surface area contributed by atoms with E-state index in [2.05, 4.69) is 19.8 Å². The Kier molecular flexibility index (Phi) is 3.50. The van der Waals surface area contributed by atoms with E-state index in [1.165, 1.54) is 5.92 Å². The van der Waals surface area contributed by atoms with E-state index in [4.69, 9.17) is 6.42 Å². The second kappa shape index (κ2) is 3.74. The molecule has 39 valence electrons. The zero-order chi connectivity index (χ0) is 5.70. The topological polar surface area (TPSA) is 0 Å². The summed E-state index contributed by atoms with van der Waals surface area (Å²) in [6, 6.07) is 0. The quantitative estimate of drug-likeness (QED) is 0.460. The minimum atomic E-state index is 0.891. The average Bonchev–Trinajstić information content (AvgIpc) is 1.61. The van der Waals surface area contributed by atoms with Gasteiger partial charge in [0.2, 0.25) is 0 Å². The van der Waals surface area contributed by atoms with Crippen LogP contribution in [0, 0.1) is 18.3 Å². The van der Waals surface area contributed by atoms with E-state index in [1.807, 2.05) is 0 Å². The van der Waals surface area contributed by atoms with Crippen LogP contribution in [0.5, 0.6) is 0 Å². The summed E-state index contributed by atoms with van der Waals surface area (Å²) in [5, 5.41) is 0. The lowest BCUT2D eigenvalue weighted by atomic mass is 10.1. The normalized spacial score (nSPS) is 8.86. The van der Waals surface area contributed by atoms with E-state index >= 15 is 0 Å². The molecular formula is C7H11. The van der Waals surface area contributed by atoms with Gasteiger partial charge in [-0.25, -0.2) is 0 Å². The van der Waals surface area contributed by atoms with Gasteiger partial charge in [-0.1, -0.05) is 13.8 Å². The highest BCUT2D eigenvalue weighted by molar-refractivity contribution is 4.89. The van der Waals surface area contributed by atoms with Crippen molar-refractivity contribution in [3.05, 3.63) is 5.92 Å². The fraction of sp³-hybridized carbons (Fsp3) is 0.571. The van der Waals surface area contributed by atoms with E-state index in [0.29, 0.717) is 0 Å². The maximum absolute atomic E-state index is 5.01. The minimum Gasteiger partial charge on any atom is -0.120 e. The fourth-order valence-corrected chi connectivity index (χ4v) is 0.322. The summed E-state index contributed by atoms with van der Waals surface area (Å²) in [5.41, 5.74) is 0. The Balaban J connectivity index is 2.86. The third-order valence-corrected chi connectivity index (χ3v) is 0.769. The lowest BCUT2D eigenvalue weighted by Crippen LogP contribution is -1.79. The molecule has 7 heavy (non-hydrogen) atoms. The molecule has 0 fully saturated rings. The van der Waals surface area contributed by atoms with E-state index in [-0.39, 0.29) is 0 Å². The smallest absolute Gasteiger partial charge is 0.00913 e. The van der Waals surface area contributed by atoms with Crippen LogP contribution in [0.3, 0.4) is 0 Å².